The van der Waals surface area contributed by atoms with Crippen molar-refractivity contribution in [3.63, 3.8) is 0 Å². The molecule has 3 N–H and O–H groups in total. The Labute approximate surface area is 249 Å². The zero-order valence-corrected chi connectivity index (χ0v) is 24.8. The van der Waals surface area contributed by atoms with Gasteiger partial charge in [0.15, 0.2) is 5.13 Å². The van der Waals surface area contributed by atoms with Crippen molar-refractivity contribution in [3.05, 3.63) is 76.7 Å². The molecule has 0 radical (unpaired) electrons. The molecular formula is C31H36N8O2S. The number of nitrogens with two attached hydrogens (primary N) is 1. The van der Waals surface area contributed by atoms with Gasteiger partial charge in [-0.3, -0.25) is 24.8 Å². The van der Waals surface area contributed by atoms with Crippen LogP contribution >= 0.6 is 11.3 Å². The minimum Gasteiger partial charge on any atom is -0.383 e. The number of aromatic nitrogens is 3. The highest BCUT2D eigenvalue weighted by Crippen LogP contribution is 2.39. The average molecular weight is 585 g/mol. The van der Waals surface area contributed by atoms with Gasteiger partial charge in [-0.15, -0.1) is 11.3 Å². The van der Waals surface area contributed by atoms with Crippen molar-refractivity contribution in [2.75, 3.05) is 44.3 Å². The van der Waals surface area contributed by atoms with Crippen LogP contribution in [0.25, 0.3) is 0 Å². The van der Waals surface area contributed by atoms with Crippen LogP contribution < -0.4 is 11.1 Å². The number of hydrogen-bond acceptors (Lipinski definition) is 9. The molecule has 1 saturated carbocycles. The number of likely N-dealkylation sites (tertiary alicyclic amines) is 1. The van der Waals surface area contributed by atoms with Gasteiger partial charge in [0.25, 0.3) is 5.91 Å². The summed E-state index contributed by atoms with van der Waals surface area (Å²) in [5.41, 5.74) is 10.2. The van der Waals surface area contributed by atoms with E-state index in [-0.39, 0.29) is 23.7 Å². The van der Waals surface area contributed by atoms with Crippen LogP contribution in [0, 0.1) is 11.8 Å². The van der Waals surface area contributed by atoms with Gasteiger partial charge in [-0.2, -0.15) is 0 Å². The third-order valence-corrected chi connectivity index (χ3v) is 9.40. The Morgan fingerprint density at radius 3 is 2.71 bits per heavy atom. The number of benzene rings is 1. The first kappa shape index (κ1) is 28.2. The largest absolute Gasteiger partial charge is 0.383 e. The molecule has 3 aromatic rings. The quantitative estimate of drug-likeness (QED) is 0.385. The molecule has 2 aliphatic heterocycles. The second-order valence-corrected chi connectivity index (χ2v) is 12.3. The predicted octanol–water partition coefficient (Wildman–Crippen LogP) is 3.84. The van der Waals surface area contributed by atoms with Crippen LogP contribution in [0.5, 0.6) is 0 Å². The van der Waals surface area contributed by atoms with Crippen LogP contribution in [0.15, 0.2) is 59.3 Å². The van der Waals surface area contributed by atoms with Gasteiger partial charge < -0.3 is 10.6 Å². The number of nitrogens with zero attached hydrogens (tertiary/aromatic N) is 6. The van der Waals surface area contributed by atoms with Gasteiger partial charge in [0, 0.05) is 66.9 Å². The van der Waals surface area contributed by atoms with Crippen LogP contribution in [0.3, 0.4) is 0 Å². The number of anilines is 2. The van der Waals surface area contributed by atoms with Crippen LogP contribution in [0.2, 0.25) is 0 Å². The number of carbonyl (C=O) groups is 2. The summed E-state index contributed by atoms with van der Waals surface area (Å²) in [4.78, 5) is 48.1. The lowest BCUT2D eigenvalue weighted by atomic mass is 9.79. The summed E-state index contributed by atoms with van der Waals surface area (Å²) in [7, 11) is 2.12. The summed E-state index contributed by atoms with van der Waals surface area (Å²) in [6.07, 6.45) is 10.3. The molecular weight excluding hydrogens is 548 g/mol. The molecule has 10 nitrogen and oxygen atoms in total. The summed E-state index contributed by atoms with van der Waals surface area (Å²) in [5, 5.41) is 5.18. The van der Waals surface area contributed by atoms with Gasteiger partial charge >= 0.3 is 0 Å². The molecule has 2 fully saturated rings. The average Bonchev–Trinajstić information content (AvgIpc) is 3.56. The molecule has 3 atom stereocenters. The molecule has 2 aromatic heterocycles. The topological polar surface area (TPSA) is 130 Å². The minimum absolute atomic E-state index is 0.0812. The number of nitrogen functional groups attached to an aromatic ring is 1. The highest BCUT2D eigenvalue weighted by atomic mass is 32.1. The lowest BCUT2D eigenvalue weighted by Crippen LogP contribution is -2.30. The van der Waals surface area contributed by atoms with Crippen molar-refractivity contribution in [1.82, 2.24) is 24.8 Å². The van der Waals surface area contributed by atoms with E-state index in [1.165, 1.54) is 30.5 Å². The second-order valence-electron chi connectivity index (χ2n) is 11.4. The smallest absolute Gasteiger partial charge is 0.257 e. The molecule has 1 aliphatic carbocycles. The maximum Gasteiger partial charge on any atom is 0.257 e. The highest BCUT2D eigenvalue weighted by molar-refractivity contribution is 7.13. The van der Waals surface area contributed by atoms with E-state index in [0.717, 1.165) is 42.0 Å². The maximum atomic E-state index is 13.0. The molecule has 4 heterocycles. The van der Waals surface area contributed by atoms with E-state index in [9.17, 15) is 9.59 Å². The standard InChI is InChI=1S/C31H36N8O2S/c1-19-24(22-11-14-39(17-22)25(40)4-3-13-38(2)23-9-10-23)16-34-28(26-27(19)35-18-36-29(26)32)20-5-7-21(8-6-20)30(41)37-31-33-12-15-42-31/h3-8,12,15,18-19,22-24H,9-11,13-14,16-17H2,1-2H3,(H2,32,35,36)(H,33,37,41). The number of thiazole rings is 1. The number of rotatable bonds is 8. The lowest BCUT2D eigenvalue weighted by molar-refractivity contribution is -0.125. The van der Waals surface area contributed by atoms with E-state index >= 15 is 0 Å². The van der Waals surface area contributed by atoms with E-state index < -0.39 is 0 Å². The Balaban J connectivity index is 1.19. The Bertz CT molecular complexity index is 1500. The first-order chi connectivity index (χ1) is 20.4. The van der Waals surface area contributed by atoms with Gasteiger partial charge in [-0.05, 0) is 50.3 Å². The Morgan fingerprint density at radius 2 is 1.98 bits per heavy atom. The molecule has 6 rings (SSSR count). The number of carbonyl (C=O) groups excluding carboxylic acids is 2. The predicted molar refractivity (Wildman–Crippen MR) is 165 cm³/mol. The SMILES string of the molecule is CC1c2ncnc(N)c2C(c2ccc(C(=O)Nc3nccs3)cc2)=NCC1C1CCN(C(=O)C=CCN(C)C2CC2)C1. The molecule has 3 aliphatic rings. The fourth-order valence-corrected chi connectivity index (χ4v) is 6.62. The molecule has 0 spiro atoms. The zero-order valence-electron chi connectivity index (χ0n) is 23.9. The Hall–Kier alpha value is -3.96. The van der Waals surface area contributed by atoms with Gasteiger partial charge in [0.1, 0.15) is 12.1 Å². The number of amides is 2. The summed E-state index contributed by atoms with van der Waals surface area (Å²) in [5.74, 6) is 0.829. The monoisotopic (exact) mass is 584 g/mol. The highest BCUT2D eigenvalue weighted by Gasteiger charge is 2.38. The fourth-order valence-electron chi connectivity index (χ4n) is 6.09. The number of aliphatic imine (C=N–C) groups is 1. The van der Waals surface area contributed by atoms with Crippen LogP contribution in [-0.4, -0.2) is 81.5 Å². The summed E-state index contributed by atoms with van der Waals surface area (Å²) < 4.78 is 0. The fraction of sp³-hybridized carbons (Fsp3) is 0.419. The summed E-state index contributed by atoms with van der Waals surface area (Å²) in [6, 6.07) is 8.01. The molecule has 3 unspecified atom stereocenters. The number of nitrogens with one attached hydrogen (secondary N) is 1. The van der Waals surface area contributed by atoms with E-state index in [1.807, 2.05) is 28.5 Å². The first-order valence-electron chi connectivity index (χ1n) is 14.5. The summed E-state index contributed by atoms with van der Waals surface area (Å²) in [6.45, 7) is 5.03. The lowest BCUT2D eigenvalue weighted by Gasteiger charge is -2.27. The van der Waals surface area contributed by atoms with Crippen molar-refractivity contribution in [2.24, 2.45) is 16.8 Å². The molecule has 1 saturated heterocycles. The van der Waals surface area contributed by atoms with Crippen molar-refractivity contribution >= 4 is 39.8 Å². The van der Waals surface area contributed by atoms with Gasteiger partial charge in [-0.1, -0.05) is 25.1 Å². The number of likely N-dealkylation sites (N-methyl/N-ethyl adjacent to an activating group) is 1. The van der Waals surface area contributed by atoms with E-state index in [1.54, 1.807) is 24.4 Å². The van der Waals surface area contributed by atoms with Gasteiger partial charge in [-0.25, -0.2) is 15.0 Å². The third-order valence-electron chi connectivity index (χ3n) is 8.72. The Kier molecular flexibility index (Phi) is 8.12. The molecule has 2 amide bonds. The molecule has 1 aromatic carbocycles. The minimum atomic E-state index is -0.221. The second kappa shape index (κ2) is 12.1. The van der Waals surface area contributed by atoms with Crippen LogP contribution in [0.4, 0.5) is 10.9 Å². The number of hydrogen-bond donors (Lipinski definition) is 2. The van der Waals surface area contributed by atoms with Crippen molar-refractivity contribution < 1.29 is 9.59 Å². The van der Waals surface area contributed by atoms with Crippen LogP contribution in [-0.2, 0) is 4.79 Å². The molecule has 0 bridgehead atoms. The molecule has 11 heteroatoms. The van der Waals surface area contributed by atoms with Gasteiger partial charge in [0.05, 0.1) is 17.0 Å². The maximum absolute atomic E-state index is 13.0. The molecule has 42 heavy (non-hydrogen) atoms. The Morgan fingerprint density at radius 1 is 1.17 bits per heavy atom. The van der Waals surface area contributed by atoms with E-state index in [4.69, 9.17) is 15.7 Å². The summed E-state index contributed by atoms with van der Waals surface area (Å²) >= 11 is 1.37. The van der Waals surface area contributed by atoms with E-state index in [0.29, 0.717) is 41.6 Å². The van der Waals surface area contributed by atoms with E-state index in [2.05, 4.69) is 34.2 Å². The third kappa shape index (κ3) is 5.98. The van der Waals surface area contributed by atoms with Crippen molar-refractivity contribution in [3.8, 4) is 0 Å². The normalized spacial score (nSPS) is 22.2. The van der Waals surface area contributed by atoms with Crippen molar-refractivity contribution in [2.45, 2.75) is 38.1 Å². The van der Waals surface area contributed by atoms with Gasteiger partial charge in [0.2, 0.25) is 5.91 Å². The first-order valence-corrected chi connectivity index (χ1v) is 15.4. The van der Waals surface area contributed by atoms with Crippen molar-refractivity contribution in [1.29, 1.82) is 0 Å². The zero-order chi connectivity index (χ0) is 29.2. The van der Waals surface area contributed by atoms with Crippen LogP contribution in [0.1, 0.15) is 59.3 Å². The number of fused-ring (bicyclic) bond motifs is 1. The molecule has 218 valence electrons.